The van der Waals surface area contributed by atoms with Gasteiger partial charge in [-0.15, -0.1) is 0 Å². The van der Waals surface area contributed by atoms with E-state index in [2.05, 4.69) is 22.4 Å². The van der Waals surface area contributed by atoms with Crippen LogP contribution in [0, 0.1) is 0 Å². The quantitative estimate of drug-likeness (QED) is 0.766. The minimum absolute atomic E-state index is 0.0169. The predicted octanol–water partition coefficient (Wildman–Crippen LogP) is 1.95. The van der Waals surface area contributed by atoms with Crippen LogP contribution >= 0.6 is 11.8 Å². The van der Waals surface area contributed by atoms with Crippen LogP contribution in [0.4, 0.5) is 0 Å². The van der Waals surface area contributed by atoms with Crippen molar-refractivity contribution in [1.29, 1.82) is 0 Å². The molecule has 5 nitrogen and oxygen atoms in total. The first-order chi connectivity index (χ1) is 10.8. The molecule has 0 bridgehead atoms. The maximum atomic E-state index is 12.0. The number of rotatable bonds is 7. The molecule has 1 saturated carbocycles. The van der Waals surface area contributed by atoms with Crippen LogP contribution in [0.5, 0.6) is 0 Å². The summed E-state index contributed by atoms with van der Waals surface area (Å²) in [7, 11) is 0. The molecule has 2 N–H and O–H groups in total. The van der Waals surface area contributed by atoms with E-state index < -0.39 is 0 Å². The van der Waals surface area contributed by atoms with E-state index in [0.717, 1.165) is 23.8 Å². The molecule has 0 saturated heterocycles. The summed E-state index contributed by atoms with van der Waals surface area (Å²) < 4.78 is 1.80. The molecule has 116 valence electrons. The van der Waals surface area contributed by atoms with Crippen molar-refractivity contribution < 1.29 is 9.90 Å². The van der Waals surface area contributed by atoms with E-state index in [1.54, 1.807) is 22.5 Å². The SMILES string of the molecule is O=C(Cn1c(CO)cnc1SCc1ccccc1)NC1CC1. The van der Waals surface area contributed by atoms with Gasteiger partial charge in [0.15, 0.2) is 5.16 Å². The molecule has 22 heavy (non-hydrogen) atoms. The van der Waals surface area contributed by atoms with Gasteiger partial charge in [-0.1, -0.05) is 42.1 Å². The summed E-state index contributed by atoms with van der Waals surface area (Å²) in [6.07, 6.45) is 3.77. The first-order valence-corrected chi connectivity index (χ1v) is 8.36. The Morgan fingerprint density at radius 2 is 2.14 bits per heavy atom. The molecule has 2 aromatic rings. The van der Waals surface area contributed by atoms with Crippen LogP contribution in [-0.4, -0.2) is 26.6 Å². The smallest absolute Gasteiger partial charge is 0.240 e. The van der Waals surface area contributed by atoms with Crippen molar-refractivity contribution in [3.63, 3.8) is 0 Å². The number of aromatic nitrogens is 2. The third-order valence-corrected chi connectivity index (χ3v) is 4.58. The third kappa shape index (κ3) is 3.90. The first kappa shape index (κ1) is 15.1. The number of amides is 1. The Labute approximate surface area is 133 Å². The molecule has 0 unspecified atom stereocenters. The van der Waals surface area contributed by atoms with Gasteiger partial charge in [0.05, 0.1) is 18.5 Å². The lowest BCUT2D eigenvalue weighted by molar-refractivity contribution is -0.122. The average molecular weight is 317 g/mol. The largest absolute Gasteiger partial charge is 0.390 e. The van der Waals surface area contributed by atoms with Gasteiger partial charge in [-0.05, 0) is 18.4 Å². The molecule has 6 heteroatoms. The lowest BCUT2D eigenvalue weighted by Crippen LogP contribution is -2.30. The summed E-state index contributed by atoms with van der Waals surface area (Å²) in [6.45, 7) is 0.0964. The number of hydrogen-bond donors (Lipinski definition) is 2. The van der Waals surface area contributed by atoms with E-state index in [1.165, 1.54) is 5.56 Å². The molecule has 1 aromatic carbocycles. The normalized spacial score (nSPS) is 14.0. The molecule has 1 amide bonds. The molecule has 1 aromatic heterocycles. The van der Waals surface area contributed by atoms with Gasteiger partial charge >= 0.3 is 0 Å². The molecule has 0 atom stereocenters. The number of aliphatic hydroxyl groups excluding tert-OH is 1. The van der Waals surface area contributed by atoms with E-state index >= 15 is 0 Å². The molecule has 1 heterocycles. The van der Waals surface area contributed by atoms with Gasteiger partial charge in [-0.2, -0.15) is 0 Å². The second-order valence-corrected chi connectivity index (χ2v) is 6.33. The van der Waals surface area contributed by atoms with Crippen molar-refractivity contribution in [2.75, 3.05) is 0 Å². The van der Waals surface area contributed by atoms with E-state index in [1.807, 2.05) is 18.2 Å². The zero-order valence-electron chi connectivity index (χ0n) is 12.2. The first-order valence-electron chi connectivity index (χ1n) is 7.37. The highest BCUT2D eigenvalue weighted by Gasteiger charge is 2.24. The average Bonchev–Trinajstić information content (AvgIpc) is 3.26. The molecule has 0 spiro atoms. The van der Waals surface area contributed by atoms with Gasteiger partial charge in [0.25, 0.3) is 0 Å². The molecule has 1 fully saturated rings. The topological polar surface area (TPSA) is 67.2 Å². The fraction of sp³-hybridized carbons (Fsp3) is 0.375. The number of nitrogens with zero attached hydrogens (tertiary/aromatic N) is 2. The van der Waals surface area contributed by atoms with Gasteiger partial charge in [0.1, 0.15) is 6.54 Å². The summed E-state index contributed by atoms with van der Waals surface area (Å²) in [5, 5.41) is 13.2. The predicted molar refractivity (Wildman–Crippen MR) is 85.3 cm³/mol. The van der Waals surface area contributed by atoms with Gasteiger partial charge in [0, 0.05) is 11.8 Å². The summed E-state index contributed by atoms with van der Waals surface area (Å²) in [5.41, 5.74) is 1.87. The standard InChI is InChI=1S/C16H19N3O2S/c20-10-14-8-17-16(22-11-12-4-2-1-3-5-12)19(14)9-15(21)18-13-6-7-13/h1-5,8,13,20H,6-7,9-11H2,(H,18,21). The zero-order valence-corrected chi connectivity index (χ0v) is 13.1. The number of carbonyl (C=O) groups excluding carboxylic acids is 1. The van der Waals surface area contributed by atoms with E-state index in [0.29, 0.717) is 11.7 Å². The van der Waals surface area contributed by atoms with Crippen LogP contribution in [0.3, 0.4) is 0 Å². The van der Waals surface area contributed by atoms with Crippen LogP contribution in [-0.2, 0) is 23.7 Å². The molecule has 1 aliphatic carbocycles. The number of imidazole rings is 1. The monoisotopic (exact) mass is 317 g/mol. The number of aliphatic hydroxyl groups is 1. The van der Waals surface area contributed by atoms with Crippen molar-refractivity contribution in [2.24, 2.45) is 0 Å². The number of carbonyl (C=O) groups is 1. The second kappa shape index (κ2) is 6.98. The minimum atomic E-state index is -0.115. The Kier molecular flexibility index (Phi) is 4.80. The Morgan fingerprint density at radius 1 is 1.36 bits per heavy atom. The van der Waals surface area contributed by atoms with E-state index in [9.17, 15) is 9.90 Å². The van der Waals surface area contributed by atoms with Crippen molar-refractivity contribution >= 4 is 17.7 Å². The Hall–Kier alpha value is -1.79. The maximum absolute atomic E-state index is 12.0. The van der Waals surface area contributed by atoms with Gasteiger partial charge < -0.3 is 15.0 Å². The van der Waals surface area contributed by atoms with Crippen molar-refractivity contribution in [1.82, 2.24) is 14.9 Å². The van der Waals surface area contributed by atoms with Crippen molar-refractivity contribution in [2.45, 2.75) is 42.9 Å². The highest BCUT2D eigenvalue weighted by Crippen LogP contribution is 2.23. The number of benzene rings is 1. The third-order valence-electron chi connectivity index (χ3n) is 3.52. The van der Waals surface area contributed by atoms with Crippen LogP contribution < -0.4 is 5.32 Å². The molecular weight excluding hydrogens is 298 g/mol. The lowest BCUT2D eigenvalue weighted by Gasteiger charge is -2.10. The van der Waals surface area contributed by atoms with Crippen LogP contribution in [0.2, 0.25) is 0 Å². The maximum Gasteiger partial charge on any atom is 0.240 e. The Morgan fingerprint density at radius 3 is 2.82 bits per heavy atom. The Balaban J connectivity index is 1.67. The Bertz CT molecular complexity index is 638. The lowest BCUT2D eigenvalue weighted by atomic mass is 10.2. The second-order valence-electron chi connectivity index (χ2n) is 5.39. The highest BCUT2D eigenvalue weighted by atomic mass is 32.2. The summed E-state index contributed by atoms with van der Waals surface area (Å²) >= 11 is 1.57. The molecule has 0 aliphatic heterocycles. The number of hydrogen-bond acceptors (Lipinski definition) is 4. The van der Waals surface area contributed by atoms with Crippen LogP contribution in [0.25, 0.3) is 0 Å². The molecule has 1 aliphatic rings. The van der Waals surface area contributed by atoms with Gasteiger partial charge in [-0.3, -0.25) is 4.79 Å². The zero-order chi connectivity index (χ0) is 15.4. The van der Waals surface area contributed by atoms with Gasteiger partial charge in [-0.25, -0.2) is 4.98 Å². The fourth-order valence-electron chi connectivity index (χ4n) is 2.17. The summed E-state index contributed by atoms with van der Waals surface area (Å²) in [4.78, 5) is 16.3. The fourth-order valence-corrected chi connectivity index (χ4v) is 3.12. The molecule has 0 radical (unpaired) electrons. The minimum Gasteiger partial charge on any atom is -0.390 e. The number of nitrogens with one attached hydrogen (secondary N) is 1. The van der Waals surface area contributed by atoms with Crippen molar-refractivity contribution in [3.05, 3.63) is 47.8 Å². The highest BCUT2D eigenvalue weighted by molar-refractivity contribution is 7.98. The van der Waals surface area contributed by atoms with Crippen LogP contribution in [0.15, 0.2) is 41.7 Å². The van der Waals surface area contributed by atoms with Gasteiger partial charge in [0.2, 0.25) is 5.91 Å². The van der Waals surface area contributed by atoms with E-state index in [4.69, 9.17) is 0 Å². The summed E-state index contributed by atoms with van der Waals surface area (Å²) in [6, 6.07) is 10.5. The molecule has 3 rings (SSSR count). The molecular formula is C16H19N3O2S. The summed E-state index contributed by atoms with van der Waals surface area (Å²) in [5.74, 6) is 0.768. The number of thioether (sulfide) groups is 1. The van der Waals surface area contributed by atoms with Crippen LogP contribution in [0.1, 0.15) is 24.1 Å². The van der Waals surface area contributed by atoms with Crippen molar-refractivity contribution in [3.8, 4) is 0 Å². The van der Waals surface area contributed by atoms with E-state index in [-0.39, 0.29) is 19.1 Å².